The summed E-state index contributed by atoms with van der Waals surface area (Å²) in [5, 5.41) is 1.53. The second-order valence-corrected chi connectivity index (χ2v) is 3.66. The summed E-state index contributed by atoms with van der Waals surface area (Å²) in [6.07, 6.45) is 2.27. The number of ketones is 2. The number of carbonyl (C=O) groups is 3. The molecule has 1 amide bonds. The number of thiazole rings is 1. The van der Waals surface area contributed by atoms with Gasteiger partial charge in [-0.05, 0) is 23.2 Å². The first-order valence-electron chi connectivity index (χ1n) is 4.24. The van der Waals surface area contributed by atoms with E-state index in [1.165, 1.54) is 11.5 Å². The van der Waals surface area contributed by atoms with Gasteiger partial charge >= 0.3 is 0 Å². The van der Waals surface area contributed by atoms with Gasteiger partial charge in [0.15, 0.2) is 0 Å². The van der Waals surface area contributed by atoms with E-state index in [4.69, 9.17) is 5.73 Å². The lowest BCUT2D eigenvalue weighted by atomic mass is 9.93. The zero-order valence-electron chi connectivity index (χ0n) is 7.89. The molecule has 2 N–H and O–H groups in total. The number of hydrogen-bond donors (Lipinski definition) is 1. The second-order valence-electron chi connectivity index (χ2n) is 3.00. The summed E-state index contributed by atoms with van der Waals surface area (Å²) >= 11 is 1.14. The molecule has 1 heterocycles. The number of rotatable bonds is 2. The van der Waals surface area contributed by atoms with Crippen molar-refractivity contribution in [1.82, 2.24) is 4.98 Å². The van der Waals surface area contributed by atoms with E-state index in [0.29, 0.717) is 0 Å². The molecule has 0 aliphatic heterocycles. The van der Waals surface area contributed by atoms with Crippen LogP contribution in [0.15, 0.2) is 23.1 Å². The third-order valence-corrected chi connectivity index (χ3v) is 2.57. The van der Waals surface area contributed by atoms with Gasteiger partial charge in [-0.2, -0.15) is 0 Å². The number of nitrogens with two attached hydrogens (primary N) is 1. The van der Waals surface area contributed by atoms with Crippen molar-refractivity contribution >= 4 is 34.4 Å². The molecule has 16 heavy (non-hydrogen) atoms. The maximum atomic E-state index is 11.6. The number of amides is 1. The molecule has 6 heteroatoms. The van der Waals surface area contributed by atoms with Gasteiger partial charge in [0.05, 0.1) is 0 Å². The van der Waals surface area contributed by atoms with Gasteiger partial charge < -0.3 is 10.7 Å². The van der Waals surface area contributed by atoms with Gasteiger partial charge in [0, 0.05) is 5.57 Å². The van der Waals surface area contributed by atoms with Crippen molar-refractivity contribution in [2.24, 2.45) is 5.73 Å². The van der Waals surface area contributed by atoms with E-state index in [0.717, 1.165) is 17.4 Å². The minimum absolute atomic E-state index is 0.00361. The molecule has 0 aromatic carbocycles. The van der Waals surface area contributed by atoms with Crippen molar-refractivity contribution in [3.05, 3.63) is 34.3 Å². The van der Waals surface area contributed by atoms with Crippen molar-refractivity contribution in [1.29, 1.82) is 0 Å². The highest BCUT2D eigenvalue weighted by molar-refractivity contribution is 7.07. The van der Waals surface area contributed by atoms with Crippen LogP contribution in [0.2, 0.25) is 0 Å². The molecule has 0 saturated carbocycles. The molecule has 1 aromatic rings. The monoisotopic (exact) mass is 233 g/mol. The van der Waals surface area contributed by atoms with E-state index in [1.54, 1.807) is 0 Å². The molecule has 0 saturated heterocycles. The second kappa shape index (κ2) is 3.82. The van der Waals surface area contributed by atoms with Crippen molar-refractivity contribution in [2.45, 2.75) is 0 Å². The van der Waals surface area contributed by atoms with Crippen molar-refractivity contribution < 1.29 is 14.4 Å². The predicted octanol–water partition coefficient (Wildman–Crippen LogP) is -0.110. The van der Waals surface area contributed by atoms with E-state index < -0.39 is 17.5 Å². The molecule has 0 radical (unpaired) electrons. The highest BCUT2D eigenvalue weighted by atomic mass is 32.1. The van der Waals surface area contributed by atoms with Gasteiger partial charge in [-0.1, -0.05) is 5.69 Å². The normalized spacial score (nSPS) is 15.8. The Morgan fingerprint density at radius 2 is 2.12 bits per heavy atom. The molecule has 2 rings (SSSR count). The Kier molecular flexibility index (Phi) is 2.49. The Hall–Kier alpha value is -2.08. The molecule has 80 valence electrons. The highest BCUT2D eigenvalue weighted by Crippen LogP contribution is 2.24. The minimum Gasteiger partial charge on any atom is -0.386 e. The van der Waals surface area contributed by atoms with Crippen LogP contribution in [-0.2, 0) is 14.4 Å². The Balaban J connectivity index is 2.65. The van der Waals surface area contributed by atoms with Crippen LogP contribution in [0.25, 0.3) is 5.57 Å². The number of hydrogen-bond acceptors (Lipinski definition) is 5. The number of primary amides is 1. The smallest absolute Gasteiger partial charge is 0.248 e. The van der Waals surface area contributed by atoms with Gasteiger partial charge in [-0.25, -0.2) is 0 Å². The molecule has 0 bridgehead atoms. The Labute approximate surface area is 94.3 Å². The maximum absolute atomic E-state index is 11.6. The summed E-state index contributed by atoms with van der Waals surface area (Å²) in [5.74, 6) is -2.22. The molecule has 1 aliphatic rings. The molecule has 0 spiro atoms. The minimum atomic E-state index is -0.768. The summed E-state index contributed by atoms with van der Waals surface area (Å²) in [7, 11) is 0. The van der Waals surface area contributed by atoms with E-state index in [1.807, 2.05) is 0 Å². The van der Waals surface area contributed by atoms with Gasteiger partial charge in [0.25, 0.3) is 0 Å². The number of carbonyl (C=O) groups excluding carboxylic acids is 3. The van der Waals surface area contributed by atoms with Crippen LogP contribution in [0.3, 0.4) is 0 Å². The number of nitrogens with zero attached hydrogens (tertiary/aromatic N) is 1. The van der Waals surface area contributed by atoms with E-state index in [2.05, 4.69) is 10.5 Å². The first-order valence-corrected chi connectivity index (χ1v) is 5.12. The van der Waals surface area contributed by atoms with Gasteiger partial charge in [0.2, 0.25) is 17.5 Å². The summed E-state index contributed by atoms with van der Waals surface area (Å²) in [6.45, 7) is 0. The molecule has 5 nitrogen and oxygen atoms in total. The lowest BCUT2D eigenvalue weighted by molar-refractivity contribution is -0.130. The summed E-state index contributed by atoms with van der Waals surface area (Å²) in [4.78, 5) is 37.7. The fraction of sp³-hybridized carbons (Fsp3) is 0. The summed E-state index contributed by atoms with van der Waals surface area (Å²) in [5.41, 5.74) is 7.88. The molecule has 1 aliphatic carbocycles. The topological polar surface area (TPSA) is 90.1 Å². The highest BCUT2D eigenvalue weighted by Gasteiger charge is 2.24. The van der Waals surface area contributed by atoms with Gasteiger partial charge in [-0.3, -0.25) is 25.7 Å². The molecular weight excluding hydrogens is 228 g/mol. The third-order valence-electron chi connectivity index (χ3n) is 2.03. The molecule has 0 atom stereocenters. The average molecular weight is 233 g/mol. The summed E-state index contributed by atoms with van der Waals surface area (Å²) < 4.78 is 0. The van der Waals surface area contributed by atoms with Crippen LogP contribution in [0.5, 0.6) is 0 Å². The lowest BCUT2D eigenvalue weighted by Gasteiger charge is -2.14. The fourth-order valence-electron chi connectivity index (χ4n) is 1.32. The van der Waals surface area contributed by atoms with E-state index >= 15 is 0 Å². The molecular formula is C10H5N2O3S-. The fourth-order valence-corrected chi connectivity index (χ4v) is 1.81. The largest absolute Gasteiger partial charge is 0.386 e. The van der Waals surface area contributed by atoms with E-state index in [9.17, 15) is 14.4 Å². The van der Waals surface area contributed by atoms with Gasteiger partial charge in [0.1, 0.15) is 0 Å². The van der Waals surface area contributed by atoms with Crippen LogP contribution in [0, 0.1) is 5.51 Å². The number of allylic oxidation sites excluding steroid dienone is 2. The SMILES string of the molecule is NC(=O)C1=C(c2cs[c-]n2)C(=O)C(=O)C=C1. The quantitative estimate of drug-likeness (QED) is 0.438. The first-order chi connectivity index (χ1) is 7.61. The average Bonchev–Trinajstić information content (AvgIpc) is 2.74. The molecule has 1 aromatic heterocycles. The van der Waals surface area contributed by atoms with Crippen LogP contribution >= 0.6 is 11.3 Å². The number of aromatic nitrogens is 1. The van der Waals surface area contributed by atoms with E-state index in [-0.39, 0.29) is 16.8 Å². The van der Waals surface area contributed by atoms with Crippen molar-refractivity contribution in [3.63, 3.8) is 0 Å². The summed E-state index contributed by atoms with van der Waals surface area (Å²) in [6, 6.07) is 0. The first kappa shape index (κ1) is 10.4. The molecule has 0 unspecified atom stereocenters. The van der Waals surface area contributed by atoms with Gasteiger partial charge in [-0.15, -0.1) is 5.38 Å². The maximum Gasteiger partial charge on any atom is 0.248 e. The van der Waals surface area contributed by atoms with Crippen molar-refractivity contribution in [3.8, 4) is 0 Å². The Bertz CT molecular complexity index is 540. The zero-order chi connectivity index (χ0) is 11.7. The van der Waals surface area contributed by atoms with Crippen LogP contribution < -0.4 is 5.73 Å². The molecule has 0 fully saturated rings. The Morgan fingerprint density at radius 3 is 2.69 bits per heavy atom. The third kappa shape index (κ3) is 1.59. The predicted molar refractivity (Wildman–Crippen MR) is 56.2 cm³/mol. The van der Waals surface area contributed by atoms with Crippen LogP contribution in [0.1, 0.15) is 5.69 Å². The lowest BCUT2D eigenvalue weighted by Crippen LogP contribution is -2.24. The van der Waals surface area contributed by atoms with Crippen molar-refractivity contribution in [2.75, 3.05) is 0 Å². The van der Waals surface area contributed by atoms with Crippen LogP contribution in [-0.4, -0.2) is 22.5 Å². The standard InChI is InChI=1S/C10H5N2O3S/c11-10(15)5-1-2-7(13)9(14)8(5)6-3-16-4-12-6/h1-3H,(H2,11,15)/q-1. The number of Topliss-reactive ketones (excluding diaryl/α,β-unsaturated/α-hetero) is 1. The van der Waals surface area contributed by atoms with Crippen LogP contribution in [0.4, 0.5) is 0 Å². The zero-order valence-corrected chi connectivity index (χ0v) is 8.71. The Morgan fingerprint density at radius 1 is 1.38 bits per heavy atom.